The van der Waals surface area contributed by atoms with Gasteiger partial charge in [-0.2, -0.15) is 0 Å². The summed E-state index contributed by atoms with van der Waals surface area (Å²) in [4.78, 5) is 16.3. The smallest absolute Gasteiger partial charge is 0.338 e. The van der Waals surface area contributed by atoms with Crippen molar-refractivity contribution < 1.29 is 9.53 Å². The van der Waals surface area contributed by atoms with Gasteiger partial charge in [-0.1, -0.05) is 0 Å². The van der Waals surface area contributed by atoms with Crippen LogP contribution in [0.5, 0.6) is 0 Å². The van der Waals surface area contributed by atoms with Crippen molar-refractivity contribution in [2.24, 2.45) is 0 Å². The van der Waals surface area contributed by atoms with E-state index in [-0.39, 0.29) is 5.97 Å². The van der Waals surface area contributed by atoms with Crippen molar-refractivity contribution in [1.29, 1.82) is 0 Å². The summed E-state index contributed by atoms with van der Waals surface area (Å²) in [5.41, 5.74) is 7.95. The van der Waals surface area contributed by atoms with Gasteiger partial charge in [0.2, 0.25) is 0 Å². The van der Waals surface area contributed by atoms with Crippen LogP contribution in [-0.2, 0) is 4.74 Å². The molecular weight excluding hydrogens is 266 g/mol. The molecule has 5 nitrogen and oxygen atoms in total. The first-order valence-electron chi connectivity index (χ1n) is 7.54. The topological polar surface area (TPSA) is 58.8 Å². The van der Waals surface area contributed by atoms with Crippen molar-refractivity contribution in [3.8, 4) is 0 Å². The molecule has 1 heterocycles. The number of hydrogen-bond acceptors (Lipinski definition) is 5. The number of rotatable bonds is 6. The Kier molecular flexibility index (Phi) is 5.44. The summed E-state index contributed by atoms with van der Waals surface area (Å²) >= 11 is 0. The Labute approximate surface area is 126 Å². The Morgan fingerprint density at radius 2 is 2.05 bits per heavy atom. The molecule has 0 bridgehead atoms. The highest BCUT2D eigenvalue weighted by Gasteiger charge is 2.12. The zero-order chi connectivity index (χ0) is 15.2. The Bertz CT molecular complexity index is 482. The SMILES string of the molecule is CN(C)c1ccc(C(=O)OCCCN2CCCC2)cc1N. The molecule has 0 atom stereocenters. The predicted octanol–water partition coefficient (Wildman–Crippen LogP) is 1.98. The molecule has 1 aliphatic rings. The molecular formula is C16H25N3O2. The minimum atomic E-state index is -0.298. The molecule has 0 saturated carbocycles. The van der Waals surface area contributed by atoms with Crippen molar-refractivity contribution in [3.63, 3.8) is 0 Å². The molecule has 1 aliphatic heterocycles. The van der Waals surface area contributed by atoms with E-state index in [1.165, 1.54) is 25.9 Å². The summed E-state index contributed by atoms with van der Waals surface area (Å²) < 4.78 is 5.31. The van der Waals surface area contributed by atoms with Crippen LogP contribution < -0.4 is 10.6 Å². The molecule has 0 unspecified atom stereocenters. The second-order valence-electron chi connectivity index (χ2n) is 5.71. The molecule has 0 amide bonds. The molecule has 21 heavy (non-hydrogen) atoms. The summed E-state index contributed by atoms with van der Waals surface area (Å²) in [6.07, 6.45) is 3.46. The summed E-state index contributed by atoms with van der Waals surface area (Å²) in [7, 11) is 3.84. The van der Waals surface area contributed by atoms with Crippen molar-refractivity contribution in [1.82, 2.24) is 4.90 Å². The maximum absolute atomic E-state index is 12.0. The van der Waals surface area contributed by atoms with E-state index < -0.39 is 0 Å². The Balaban J connectivity index is 1.78. The molecule has 0 aromatic heterocycles. The predicted molar refractivity (Wildman–Crippen MR) is 85.8 cm³/mol. The largest absolute Gasteiger partial charge is 0.462 e. The highest BCUT2D eigenvalue weighted by Crippen LogP contribution is 2.22. The van der Waals surface area contributed by atoms with Crippen molar-refractivity contribution in [2.45, 2.75) is 19.3 Å². The zero-order valence-corrected chi connectivity index (χ0v) is 13.0. The lowest BCUT2D eigenvalue weighted by Crippen LogP contribution is -2.22. The Morgan fingerprint density at radius 1 is 1.33 bits per heavy atom. The number of carbonyl (C=O) groups is 1. The normalized spacial score (nSPS) is 15.1. The van der Waals surface area contributed by atoms with Crippen molar-refractivity contribution in [3.05, 3.63) is 23.8 Å². The monoisotopic (exact) mass is 291 g/mol. The van der Waals surface area contributed by atoms with E-state index in [4.69, 9.17) is 10.5 Å². The number of benzene rings is 1. The highest BCUT2D eigenvalue weighted by atomic mass is 16.5. The van der Waals surface area contributed by atoms with Gasteiger partial charge in [-0.05, 0) is 50.6 Å². The van der Waals surface area contributed by atoms with Gasteiger partial charge in [0.1, 0.15) is 0 Å². The highest BCUT2D eigenvalue weighted by molar-refractivity contribution is 5.92. The van der Waals surface area contributed by atoms with Crippen molar-refractivity contribution in [2.75, 3.05) is 51.0 Å². The third kappa shape index (κ3) is 4.36. The van der Waals surface area contributed by atoms with Gasteiger partial charge in [0.15, 0.2) is 0 Å². The van der Waals surface area contributed by atoms with Crippen LogP contribution in [0.25, 0.3) is 0 Å². The second kappa shape index (κ2) is 7.31. The van der Waals surface area contributed by atoms with E-state index in [0.717, 1.165) is 18.7 Å². The fourth-order valence-corrected chi connectivity index (χ4v) is 2.63. The number of likely N-dealkylation sites (tertiary alicyclic amines) is 1. The molecule has 1 aromatic carbocycles. The number of carbonyl (C=O) groups excluding carboxylic acids is 1. The van der Waals surface area contributed by atoms with Gasteiger partial charge in [-0.25, -0.2) is 4.79 Å². The third-order valence-corrected chi connectivity index (χ3v) is 3.80. The molecule has 2 N–H and O–H groups in total. The molecule has 116 valence electrons. The van der Waals surface area contributed by atoms with Crippen LogP contribution in [0.1, 0.15) is 29.6 Å². The van der Waals surface area contributed by atoms with Crippen LogP contribution in [0.4, 0.5) is 11.4 Å². The van der Waals surface area contributed by atoms with E-state index in [9.17, 15) is 4.79 Å². The molecule has 2 rings (SSSR count). The van der Waals surface area contributed by atoms with E-state index in [1.54, 1.807) is 12.1 Å². The van der Waals surface area contributed by atoms with Gasteiger partial charge in [0, 0.05) is 20.6 Å². The zero-order valence-electron chi connectivity index (χ0n) is 13.0. The molecule has 1 saturated heterocycles. The third-order valence-electron chi connectivity index (χ3n) is 3.80. The number of nitrogens with zero attached hydrogens (tertiary/aromatic N) is 2. The van der Waals surface area contributed by atoms with Gasteiger partial charge in [0.05, 0.1) is 23.5 Å². The standard InChI is InChI=1S/C16H25N3O2/c1-18(2)15-7-6-13(12-14(15)17)16(20)21-11-5-10-19-8-3-4-9-19/h6-7,12H,3-5,8-11,17H2,1-2H3. The lowest BCUT2D eigenvalue weighted by atomic mass is 10.1. The first kappa shape index (κ1) is 15.6. The number of esters is 1. The Morgan fingerprint density at radius 3 is 2.67 bits per heavy atom. The maximum atomic E-state index is 12.0. The summed E-state index contributed by atoms with van der Waals surface area (Å²) in [5.74, 6) is -0.298. The number of nitrogens with two attached hydrogens (primary N) is 1. The minimum Gasteiger partial charge on any atom is -0.462 e. The van der Waals surface area contributed by atoms with Gasteiger partial charge in [-0.3, -0.25) is 0 Å². The Hall–Kier alpha value is -1.75. The molecule has 1 aromatic rings. The average Bonchev–Trinajstić information content (AvgIpc) is 2.96. The average molecular weight is 291 g/mol. The minimum absolute atomic E-state index is 0.298. The fourth-order valence-electron chi connectivity index (χ4n) is 2.63. The number of nitrogen functional groups attached to an aromatic ring is 1. The lowest BCUT2D eigenvalue weighted by Gasteiger charge is -2.16. The fraction of sp³-hybridized carbons (Fsp3) is 0.562. The quantitative estimate of drug-likeness (QED) is 0.493. The molecule has 0 radical (unpaired) electrons. The second-order valence-corrected chi connectivity index (χ2v) is 5.71. The first-order chi connectivity index (χ1) is 10.1. The van der Waals surface area contributed by atoms with Crippen molar-refractivity contribution >= 4 is 17.3 Å². The summed E-state index contributed by atoms with van der Waals surface area (Å²) in [5, 5.41) is 0. The van der Waals surface area contributed by atoms with Gasteiger partial charge < -0.3 is 20.3 Å². The van der Waals surface area contributed by atoms with Crippen LogP contribution >= 0.6 is 0 Å². The van der Waals surface area contributed by atoms with Gasteiger partial charge in [0.25, 0.3) is 0 Å². The van der Waals surface area contributed by atoms with Gasteiger partial charge in [-0.15, -0.1) is 0 Å². The molecule has 5 heteroatoms. The molecule has 0 spiro atoms. The van der Waals surface area contributed by atoms with Gasteiger partial charge >= 0.3 is 5.97 Å². The summed E-state index contributed by atoms with van der Waals surface area (Å²) in [6, 6.07) is 5.28. The van der Waals surface area contributed by atoms with E-state index in [1.807, 2.05) is 25.1 Å². The van der Waals surface area contributed by atoms with Crippen LogP contribution in [0.3, 0.4) is 0 Å². The van der Waals surface area contributed by atoms with Crippen LogP contribution in [0.2, 0.25) is 0 Å². The molecule has 1 fully saturated rings. The number of hydrogen-bond donors (Lipinski definition) is 1. The number of anilines is 2. The van der Waals surface area contributed by atoms with E-state index >= 15 is 0 Å². The lowest BCUT2D eigenvalue weighted by molar-refractivity contribution is 0.0491. The summed E-state index contributed by atoms with van der Waals surface area (Å²) in [6.45, 7) is 3.83. The van der Waals surface area contributed by atoms with E-state index in [2.05, 4.69) is 4.90 Å². The first-order valence-corrected chi connectivity index (χ1v) is 7.54. The van der Waals surface area contributed by atoms with Crippen LogP contribution in [0.15, 0.2) is 18.2 Å². The number of ether oxygens (including phenoxy) is 1. The van der Waals surface area contributed by atoms with Crippen LogP contribution in [0, 0.1) is 0 Å². The maximum Gasteiger partial charge on any atom is 0.338 e. The van der Waals surface area contributed by atoms with Crippen LogP contribution in [-0.4, -0.2) is 51.2 Å². The van der Waals surface area contributed by atoms with E-state index in [0.29, 0.717) is 17.9 Å². The molecule has 0 aliphatic carbocycles.